The molecule has 4 heteroatoms. The zero-order chi connectivity index (χ0) is 8.27. The summed E-state index contributed by atoms with van der Waals surface area (Å²) >= 11 is 3.63. The number of hydrogen-bond acceptors (Lipinski definition) is 3. The Kier molecular flexibility index (Phi) is 3.32. The zero-order valence-electron chi connectivity index (χ0n) is 5.96. The molecule has 0 fully saturated rings. The third kappa shape index (κ3) is 2.16. The first-order chi connectivity index (χ1) is 5.25. The van der Waals surface area contributed by atoms with Crippen LogP contribution in [0.1, 0.15) is 17.3 Å². The molecule has 0 aliphatic heterocycles. The predicted molar refractivity (Wildman–Crippen MR) is 53.0 cm³/mol. The summed E-state index contributed by atoms with van der Waals surface area (Å²) in [6.07, 6.45) is 0. The van der Waals surface area contributed by atoms with Gasteiger partial charge in [-0.25, -0.2) is 4.79 Å². The van der Waals surface area contributed by atoms with Crippen LogP contribution in [0.2, 0.25) is 0 Å². The number of thiophene rings is 1. The summed E-state index contributed by atoms with van der Waals surface area (Å²) in [5.41, 5.74) is 0.678. The molecule has 0 unspecified atom stereocenters. The van der Waals surface area contributed by atoms with Gasteiger partial charge in [0.15, 0.2) is 0 Å². The van der Waals surface area contributed by atoms with Crippen LogP contribution in [0.4, 0.5) is 0 Å². The van der Waals surface area contributed by atoms with Crippen molar-refractivity contribution in [3.8, 4) is 0 Å². The molecule has 1 heterocycles. The van der Waals surface area contributed by atoms with Crippen LogP contribution in [0.3, 0.4) is 0 Å². The first-order valence-corrected chi connectivity index (χ1v) is 5.16. The summed E-state index contributed by atoms with van der Waals surface area (Å²) in [4.78, 5) is 11.1. The Hall–Kier alpha value is -0.100. The minimum absolute atomic E-state index is 0.224. The number of esters is 1. The van der Waals surface area contributed by atoms with Crippen LogP contribution in [0, 0.1) is 3.57 Å². The first kappa shape index (κ1) is 8.99. The van der Waals surface area contributed by atoms with Gasteiger partial charge in [0.25, 0.3) is 0 Å². The fraction of sp³-hybridized carbons (Fsp3) is 0.286. The second-order valence-corrected chi connectivity index (χ2v) is 3.76. The topological polar surface area (TPSA) is 26.3 Å². The number of carbonyl (C=O) groups is 1. The molecule has 0 spiro atoms. The maximum atomic E-state index is 11.1. The molecule has 1 rings (SSSR count). The van der Waals surface area contributed by atoms with E-state index >= 15 is 0 Å². The molecule has 0 N–H and O–H groups in total. The second-order valence-electron chi connectivity index (χ2n) is 1.85. The number of hydrogen-bond donors (Lipinski definition) is 0. The molecule has 0 amide bonds. The lowest BCUT2D eigenvalue weighted by molar-refractivity contribution is 0.0526. The molecule has 11 heavy (non-hydrogen) atoms. The Labute approximate surface area is 82.7 Å². The maximum Gasteiger partial charge on any atom is 0.340 e. The van der Waals surface area contributed by atoms with Gasteiger partial charge >= 0.3 is 5.97 Å². The molecule has 0 aliphatic rings. The zero-order valence-corrected chi connectivity index (χ0v) is 8.94. The fourth-order valence-electron chi connectivity index (χ4n) is 0.636. The number of carbonyl (C=O) groups excluding carboxylic acids is 1. The molecule has 0 bridgehead atoms. The van der Waals surface area contributed by atoms with Crippen LogP contribution in [0.15, 0.2) is 10.8 Å². The highest BCUT2D eigenvalue weighted by atomic mass is 127. The van der Waals surface area contributed by atoms with E-state index in [4.69, 9.17) is 4.74 Å². The first-order valence-electron chi connectivity index (χ1n) is 3.14. The maximum absolute atomic E-state index is 11.1. The summed E-state index contributed by atoms with van der Waals surface area (Å²) in [5.74, 6) is -0.224. The fourth-order valence-corrected chi connectivity index (χ4v) is 2.34. The molecular formula is C7H7IO2S. The standard InChI is InChI=1S/C7H7IO2S/c1-2-10-7(9)5-3-11-4-6(5)8/h3-4H,2H2,1H3. The van der Waals surface area contributed by atoms with Crippen LogP contribution in [-0.4, -0.2) is 12.6 Å². The minimum atomic E-state index is -0.224. The summed E-state index contributed by atoms with van der Waals surface area (Å²) < 4.78 is 5.79. The minimum Gasteiger partial charge on any atom is -0.462 e. The van der Waals surface area contributed by atoms with Crippen molar-refractivity contribution in [3.63, 3.8) is 0 Å². The molecule has 2 nitrogen and oxygen atoms in total. The normalized spacial score (nSPS) is 9.64. The third-order valence-electron chi connectivity index (χ3n) is 1.11. The second kappa shape index (κ2) is 4.06. The molecular weight excluding hydrogens is 275 g/mol. The van der Waals surface area contributed by atoms with Crippen LogP contribution in [-0.2, 0) is 4.74 Å². The van der Waals surface area contributed by atoms with Gasteiger partial charge in [-0.15, -0.1) is 0 Å². The highest BCUT2D eigenvalue weighted by Gasteiger charge is 2.10. The third-order valence-corrected chi connectivity index (χ3v) is 3.17. The molecule has 0 atom stereocenters. The van der Waals surface area contributed by atoms with E-state index < -0.39 is 0 Å². The van der Waals surface area contributed by atoms with Crippen molar-refractivity contribution in [2.45, 2.75) is 6.92 Å². The lowest BCUT2D eigenvalue weighted by Crippen LogP contribution is -2.04. The molecule has 0 aromatic carbocycles. The SMILES string of the molecule is CCOC(=O)c1cscc1I. The average Bonchev–Trinajstić information content (AvgIpc) is 2.36. The van der Waals surface area contributed by atoms with Gasteiger partial charge in [0.1, 0.15) is 0 Å². The lowest BCUT2D eigenvalue weighted by atomic mass is 10.3. The smallest absolute Gasteiger partial charge is 0.340 e. The van der Waals surface area contributed by atoms with Crippen LogP contribution in [0.25, 0.3) is 0 Å². The van der Waals surface area contributed by atoms with Crippen molar-refractivity contribution < 1.29 is 9.53 Å². The lowest BCUT2D eigenvalue weighted by Gasteiger charge is -1.98. The molecule has 0 radical (unpaired) electrons. The highest BCUT2D eigenvalue weighted by molar-refractivity contribution is 14.1. The quantitative estimate of drug-likeness (QED) is 0.615. The molecule has 0 saturated carbocycles. The Morgan fingerprint density at radius 1 is 1.73 bits per heavy atom. The van der Waals surface area contributed by atoms with Crippen molar-refractivity contribution in [1.82, 2.24) is 0 Å². The van der Waals surface area contributed by atoms with E-state index in [1.165, 1.54) is 11.3 Å². The molecule has 1 aromatic heterocycles. The van der Waals surface area contributed by atoms with Crippen LogP contribution < -0.4 is 0 Å². The Morgan fingerprint density at radius 2 is 2.45 bits per heavy atom. The van der Waals surface area contributed by atoms with Crippen LogP contribution in [0.5, 0.6) is 0 Å². The van der Waals surface area contributed by atoms with Crippen molar-refractivity contribution in [1.29, 1.82) is 0 Å². The van der Waals surface area contributed by atoms with E-state index in [0.717, 1.165) is 3.57 Å². The van der Waals surface area contributed by atoms with Crippen molar-refractivity contribution in [2.75, 3.05) is 6.61 Å². The van der Waals surface area contributed by atoms with E-state index in [1.54, 1.807) is 12.3 Å². The summed E-state index contributed by atoms with van der Waals surface area (Å²) in [7, 11) is 0. The number of ether oxygens (including phenoxy) is 1. The Balaban J connectivity index is 2.76. The van der Waals surface area contributed by atoms with E-state index in [2.05, 4.69) is 22.6 Å². The van der Waals surface area contributed by atoms with E-state index in [9.17, 15) is 4.79 Å². The van der Waals surface area contributed by atoms with E-state index in [0.29, 0.717) is 12.2 Å². The van der Waals surface area contributed by atoms with Gasteiger partial charge in [0, 0.05) is 14.3 Å². The summed E-state index contributed by atoms with van der Waals surface area (Å²) in [6, 6.07) is 0. The summed E-state index contributed by atoms with van der Waals surface area (Å²) in [5, 5.41) is 3.73. The molecule has 0 saturated heterocycles. The van der Waals surface area contributed by atoms with Crippen LogP contribution >= 0.6 is 33.9 Å². The molecule has 1 aromatic rings. The largest absolute Gasteiger partial charge is 0.462 e. The van der Waals surface area contributed by atoms with Gasteiger partial charge in [-0.3, -0.25) is 0 Å². The van der Waals surface area contributed by atoms with Gasteiger partial charge in [0.2, 0.25) is 0 Å². The number of halogens is 1. The van der Waals surface area contributed by atoms with Gasteiger partial charge in [-0.1, -0.05) is 0 Å². The average molecular weight is 282 g/mol. The summed E-state index contributed by atoms with van der Waals surface area (Å²) in [6.45, 7) is 2.24. The Morgan fingerprint density at radius 3 is 2.91 bits per heavy atom. The van der Waals surface area contributed by atoms with Crippen molar-refractivity contribution in [2.24, 2.45) is 0 Å². The van der Waals surface area contributed by atoms with Gasteiger partial charge < -0.3 is 4.74 Å². The van der Waals surface area contributed by atoms with Gasteiger partial charge in [-0.2, -0.15) is 11.3 Å². The number of rotatable bonds is 2. The highest BCUT2D eigenvalue weighted by Crippen LogP contribution is 2.17. The van der Waals surface area contributed by atoms with Gasteiger partial charge in [0.05, 0.1) is 12.2 Å². The van der Waals surface area contributed by atoms with Crippen molar-refractivity contribution >= 4 is 39.9 Å². The van der Waals surface area contributed by atoms with Gasteiger partial charge in [-0.05, 0) is 29.5 Å². The predicted octanol–water partition coefficient (Wildman–Crippen LogP) is 2.53. The molecule has 0 aliphatic carbocycles. The Bertz CT molecular complexity index is 257. The monoisotopic (exact) mass is 282 g/mol. The van der Waals surface area contributed by atoms with Crippen molar-refractivity contribution in [3.05, 3.63) is 19.9 Å². The molecule has 60 valence electrons. The van der Waals surface area contributed by atoms with E-state index in [1.807, 2.05) is 5.38 Å². The van der Waals surface area contributed by atoms with E-state index in [-0.39, 0.29) is 5.97 Å².